The Morgan fingerprint density at radius 3 is 2.07 bits per heavy atom. The molecule has 0 saturated carbocycles. The third kappa shape index (κ3) is 9.21. The van der Waals surface area contributed by atoms with Crippen molar-refractivity contribution in [3.63, 3.8) is 0 Å². The number of hydrogen-bond donors (Lipinski definition) is 1. The molecular formula is C10H18NO4-. The number of carboxylic acids is 2. The fraction of sp³-hybridized carbons (Fsp3) is 0.800. The number of hydrogen-bond acceptors (Lipinski definition) is 4. The monoisotopic (exact) mass is 216 g/mol. The number of quaternary nitrogens is 1. The molecule has 0 aromatic rings. The summed E-state index contributed by atoms with van der Waals surface area (Å²) in [4.78, 5) is 20.4. The first-order valence-electron chi connectivity index (χ1n) is 5.28. The van der Waals surface area contributed by atoms with Crippen LogP contribution in [0.3, 0.4) is 0 Å². The van der Waals surface area contributed by atoms with Crippen LogP contribution in [0.5, 0.6) is 0 Å². The van der Waals surface area contributed by atoms with Crippen molar-refractivity contribution in [1.82, 2.24) is 0 Å². The molecule has 1 atom stereocenters. The number of aliphatic carboxylic acids is 2. The van der Waals surface area contributed by atoms with E-state index in [1.54, 1.807) is 0 Å². The van der Waals surface area contributed by atoms with Crippen molar-refractivity contribution in [2.45, 2.75) is 51.0 Å². The minimum atomic E-state index is -1.10. The molecule has 0 saturated heterocycles. The van der Waals surface area contributed by atoms with Gasteiger partial charge in [-0.15, -0.1) is 0 Å². The normalized spacial score (nSPS) is 12.3. The maximum Gasteiger partial charge on any atom is 0.124 e. The first-order chi connectivity index (χ1) is 7.04. The van der Waals surface area contributed by atoms with Gasteiger partial charge in [0.2, 0.25) is 0 Å². The van der Waals surface area contributed by atoms with Gasteiger partial charge in [-0.3, -0.25) is 0 Å². The molecule has 0 aromatic carbocycles. The van der Waals surface area contributed by atoms with E-state index in [0.29, 0.717) is 12.8 Å². The highest BCUT2D eigenvalue weighted by atomic mass is 16.4. The summed E-state index contributed by atoms with van der Waals surface area (Å²) in [5.74, 6) is -2.11. The van der Waals surface area contributed by atoms with Gasteiger partial charge in [0.1, 0.15) is 6.04 Å². The maximum atomic E-state index is 10.3. The van der Waals surface area contributed by atoms with Crippen LogP contribution in [0, 0.1) is 0 Å². The topological polar surface area (TPSA) is 108 Å². The van der Waals surface area contributed by atoms with E-state index >= 15 is 0 Å². The lowest BCUT2D eigenvalue weighted by Crippen LogP contribution is -2.68. The van der Waals surface area contributed by atoms with Gasteiger partial charge in [-0.05, 0) is 19.3 Å². The lowest BCUT2D eigenvalue weighted by molar-refractivity contribution is -0.438. The van der Waals surface area contributed by atoms with Crippen LogP contribution in [0.4, 0.5) is 0 Å². The molecule has 0 amide bonds. The van der Waals surface area contributed by atoms with E-state index in [1.807, 2.05) is 0 Å². The summed E-state index contributed by atoms with van der Waals surface area (Å²) < 4.78 is 0. The molecule has 5 nitrogen and oxygen atoms in total. The summed E-state index contributed by atoms with van der Waals surface area (Å²) in [7, 11) is 0. The highest BCUT2D eigenvalue weighted by molar-refractivity contribution is 5.68. The second-order valence-electron chi connectivity index (χ2n) is 3.69. The molecule has 0 aromatic heterocycles. The second-order valence-corrected chi connectivity index (χ2v) is 3.69. The number of rotatable bonds is 9. The average Bonchev–Trinajstić information content (AvgIpc) is 2.15. The molecule has 15 heavy (non-hydrogen) atoms. The summed E-state index contributed by atoms with van der Waals surface area (Å²) in [6.07, 6.45) is 4.75. The van der Waals surface area contributed by atoms with E-state index in [-0.39, 0.29) is 6.42 Å². The molecule has 0 unspecified atom stereocenters. The van der Waals surface area contributed by atoms with Crippen molar-refractivity contribution in [1.29, 1.82) is 0 Å². The number of carboxylic acid groups (broad SMARTS) is 2. The van der Waals surface area contributed by atoms with Crippen LogP contribution in [0.15, 0.2) is 0 Å². The van der Waals surface area contributed by atoms with E-state index < -0.39 is 18.0 Å². The zero-order valence-electron chi connectivity index (χ0n) is 8.87. The zero-order valence-corrected chi connectivity index (χ0v) is 8.87. The first-order valence-corrected chi connectivity index (χ1v) is 5.28. The average molecular weight is 216 g/mol. The molecule has 5 heteroatoms. The summed E-state index contributed by atoms with van der Waals surface area (Å²) >= 11 is 0. The third-order valence-corrected chi connectivity index (χ3v) is 2.27. The Morgan fingerprint density at radius 1 is 1.00 bits per heavy atom. The van der Waals surface area contributed by atoms with Crippen molar-refractivity contribution in [3.05, 3.63) is 0 Å². The van der Waals surface area contributed by atoms with Crippen LogP contribution in [0.2, 0.25) is 0 Å². The molecule has 0 fully saturated rings. The largest absolute Gasteiger partial charge is 0.550 e. The second kappa shape index (κ2) is 8.23. The van der Waals surface area contributed by atoms with Gasteiger partial charge in [-0.1, -0.05) is 19.3 Å². The fourth-order valence-corrected chi connectivity index (χ4v) is 1.31. The van der Waals surface area contributed by atoms with Gasteiger partial charge in [-0.25, -0.2) is 0 Å². The summed E-state index contributed by atoms with van der Waals surface area (Å²) in [5.41, 5.74) is 3.45. The minimum Gasteiger partial charge on any atom is -0.550 e. The zero-order chi connectivity index (χ0) is 11.7. The molecule has 0 aliphatic heterocycles. The Balaban J connectivity index is 3.18. The highest BCUT2D eigenvalue weighted by Crippen LogP contribution is 2.07. The van der Waals surface area contributed by atoms with Crippen molar-refractivity contribution >= 4 is 11.9 Å². The Bertz CT molecular complexity index is 206. The lowest BCUT2D eigenvalue weighted by atomic mass is 10.1. The van der Waals surface area contributed by atoms with Gasteiger partial charge in [0.15, 0.2) is 0 Å². The number of carbonyl (C=O) groups is 2. The van der Waals surface area contributed by atoms with E-state index in [4.69, 9.17) is 0 Å². The van der Waals surface area contributed by atoms with Gasteiger partial charge < -0.3 is 25.5 Å². The van der Waals surface area contributed by atoms with Crippen LogP contribution < -0.4 is 15.9 Å². The van der Waals surface area contributed by atoms with E-state index in [9.17, 15) is 19.8 Å². The Labute approximate surface area is 89.3 Å². The van der Waals surface area contributed by atoms with E-state index in [0.717, 1.165) is 25.7 Å². The van der Waals surface area contributed by atoms with E-state index in [1.165, 1.54) is 0 Å². The molecule has 0 aliphatic rings. The molecule has 3 N–H and O–H groups in total. The summed E-state index contributed by atoms with van der Waals surface area (Å²) in [6, 6.07) is -0.631. The van der Waals surface area contributed by atoms with Crippen LogP contribution in [-0.2, 0) is 9.59 Å². The standard InChI is InChI=1S/C10H19NO4/c11-8(10(14)15)6-4-2-1-3-5-7-9(12)13/h8H,1-7,11H2,(H,12,13)(H,14,15)/p-1/t8-/m0/s1. The minimum absolute atomic E-state index is 0.108. The quantitative estimate of drug-likeness (QED) is 0.442. The molecule has 0 spiro atoms. The predicted octanol–water partition coefficient (Wildman–Crippen LogP) is -2.17. The highest BCUT2D eigenvalue weighted by Gasteiger charge is 2.05. The molecule has 0 aliphatic carbocycles. The number of unbranched alkanes of at least 4 members (excludes halogenated alkanes) is 4. The van der Waals surface area contributed by atoms with Crippen LogP contribution in [0.1, 0.15) is 44.9 Å². The Hall–Kier alpha value is -1.10. The third-order valence-electron chi connectivity index (χ3n) is 2.27. The molecule has 0 bridgehead atoms. The van der Waals surface area contributed by atoms with Crippen molar-refractivity contribution < 1.29 is 25.5 Å². The maximum absolute atomic E-state index is 10.3. The molecule has 88 valence electrons. The van der Waals surface area contributed by atoms with Crippen molar-refractivity contribution in [2.75, 3.05) is 0 Å². The SMILES string of the molecule is [NH3+][C@@H](CCCCCCCC(=O)[O-])C(=O)[O-]. The number of carbonyl (C=O) groups excluding carboxylic acids is 2. The first kappa shape index (κ1) is 13.9. The van der Waals surface area contributed by atoms with Gasteiger partial charge in [0.05, 0.1) is 5.97 Å². The summed E-state index contributed by atoms with van der Waals surface area (Å²) in [6.45, 7) is 0. The molecule has 0 rings (SSSR count). The Morgan fingerprint density at radius 2 is 1.53 bits per heavy atom. The fourth-order valence-electron chi connectivity index (χ4n) is 1.31. The smallest absolute Gasteiger partial charge is 0.124 e. The molecule has 0 radical (unpaired) electrons. The molecular weight excluding hydrogens is 198 g/mol. The van der Waals surface area contributed by atoms with Crippen molar-refractivity contribution in [3.8, 4) is 0 Å². The lowest BCUT2D eigenvalue weighted by Gasteiger charge is -2.08. The van der Waals surface area contributed by atoms with Gasteiger partial charge >= 0.3 is 0 Å². The molecule has 0 heterocycles. The Kier molecular flexibility index (Phi) is 7.62. The van der Waals surface area contributed by atoms with Gasteiger partial charge in [0, 0.05) is 12.4 Å². The predicted molar refractivity (Wildman–Crippen MR) is 49.0 cm³/mol. The van der Waals surface area contributed by atoms with Gasteiger partial charge in [0.25, 0.3) is 0 Å². The van der Waals surface area contributed by atoms with Crippen molar-refractivity contribution in [2.24, 2.45) is 0 Å². The van der Waals surface area contributed by atoms with Crippen LogP contribution >= 0.6 is 0 Å². The van der Waals surface area contributed by atoms with Crippen LogP contribution in [0.25, 0.3) is 0 Å². The van der Waals surface area contributed by atoms with Crippen LogP contribution in [-0.4, -0.2) is 18.0 Å². The van der Waals surface area contributed by atoms with Gasteiger partial charge in [-0.2, -0.15) is 0 Å². The van der Waals surface area contributed by atoms with E-state index in [2.05, 4.69) is 5.73 Å². The summed E-state index contributed by atoms with van der Waals surface area (Å²) in [5, 5.41) is 20.4.